The van der Waals surface area contributed by atoms with E-state index in [1.54, 1.807) is 22.9 Å². The van der Waals surface area contributed by atoms with Crippen LogP contribution >= 0.6 is 0 Å². The van der Waals surface area contributed by atoms with Crippen LogP contribution in [0.15, 0.2) is 79.0 Å². The summed E-state index contributed by atoms with van der Waals surface area (Å²) < 4.78 is 14.9. The van der Waals surface area contributed by atoms with Crippen LogP contribution in [0.2, 0.25) is 0 Å². The second-order valence-corrected chi connectivity index (χ2v) is 6.28. The molecule has 0 fully saturated rings. The van der Waals surface area contributed by atoms with Crippen molar-refractivity contribution < 1.29 is 14.1 Å². The fourth-order valence-electron chi connectivity index (χ4n) is 2.83. The van der Waals surface area contributed by atoms with Crippen molar-refractivity contribution in [2.24, 2.45) is 0 Å². The summed E-state index contributed by atoms with van der Waals surface area (Å²) >= 11 is 0. The van der Waals surface area contributed by atoms with E-state index in [-0.39, 0.29) is 23.0 Å². The third-order valence-corrected chi connectivity index (χ3v) is 4.28. The average molecular weight is 403 g/mol. The molecule has 4 rings (SSSR count). The lowest BCUT2D eigenvalue weighted by molar-refractivity contribution is -0.385. The second-order valence-electron chi connectivity index (χ2n) is 6.28. The number of nitrogens with zero attached hydrogens (tertiary/aromatic N) is 4. The Hall–Kier alpha value is -4.40. The van der Waals surface area contributed by atoms with Crippen molar-refractivity contribution in [1.29, 1.82) is 0 Å². The number of nitro groups is 1. The highest BCUT2D eigenvalue weighted by Crippen LogP contribution is 2.25. The molecule has 0 atom stereocenters. The Bertz CT molecular complexity index is 1210. The van der Waals surface area contributed by atoms with Crippen LogP contribution in [0.25, 0.3) is 16.9 Å². The summed E-state index contributed by atoms with van der Waals surface area (Å²) in [5.41, 5.74) is 1.94. The molecule has 0 saturated carbocycles. The molecular formula is C21H14FN5O3. The van der Waals surface area contributed by atoms with E-state index in [4.69, 9.17) is 0 Å². The van der Waals surface area contributed by atoms with Crippen LogP contribution in [0.3, 0.4) is 0 Å². The van der Waals surface area contributed by atoms with Gasteiger partial charge in [-0.15, -0.1) is 0 Å². The largest absolute Gasteiger partial charge is 0.305 e. The fourth-order valence-corrected chi connectivity index (χ4v) is 2.83. The molecule has 30 heavy (non-hydrogen) atoms. The molecule has 0 aliphatic rings. The number of para-hydroxylation sites is 1. The minimum Gasteiger partial charge on any atom is -0.305 e. The lowest BCUT2D eigenvalue weighted by Gasteiger charge is -2.07. The molecule has 0 aliphatic carbocycles. The van der Waals surface area contributed by atoms with Gasteiger partial charge in [0.05, 0.1) is 16.3 Å². The van der Waals surface area contributed by atoms with Crippen LogP contribution in [-0.2, 0) is 0 Å². The van der Waals surface area contributed by atoms with E-state index in [9.17, 15) is 19.3 Å². The molecule has 1 amide bonds. The molecule has 2 heterocycles. The summed E-state index contributed by atoms with van der Waals surface area (Å²) in [6.07, 6.45) is 1.06. The molecule has 4 aromatic rings. The van der Waals surface area contributed by atoms with Crippen LogP contribution in [0, 0.1) is 15.9 Å². The predicted molar refractivity (Wildman–Crippen MR) is 108 cm³/mol. The van der Waals surface area contributed by atoms with Gasteiger partial charge in [-0.1, -0.05) is 18.2 Å². The molecule has 9 heteroatoms. The monoisotopic (exact) mass is 403 g/mol. The standard InChI is InChI=1S/C21H14FN5O3/c22-15-8-6-14(7-9-15)19-12-18(25-26(19)16-4-2-1-3-5-16)21(28)24-20-11-10-17(13-23-20)27(29)30/h1-13H,(H,23,24,28). The third kappa shape index (κ3) is 3.90. The fraction of sp³-hybridized carbons (Fsp3) is 0. The van der Waals surface area contributed by atoms with Gasteiger partial charge in [0, 0.05) is 11.6 Å². The number of pyridine rings is 1. The van der Waals surface area contributed by atoms with Crippen molar-refractivity contribution in [3.63, 3.8) is 0 Å². The van der Waals surface area contributed by atoms with E-state index in [0.29, 0.717) is 11.3 Å². The quantitative estimate of drug-likeness (QED) is 0.397. The van der Waals surface area contributed by atoms with Crippen molar-refractivity contribution in [3.8, 4) is 16.9 Å². The van der Waals surface area contributed by atoms with Gasteiger partial charge in [-0.05, 0) is 48.5 Å². The van der Waals surface area contributed by atoms with Gasteiger partial charge in [0.1, 0.15) is 17.8 Å². The number of nitrogens with one attached hydrogen (secondary N) is 1. The highest BCUT2D eigenvalue weighted by atomic mass is 19.1. The first-order valence-electron chi connectivity index (χ1n) is 8.84. The number of anilines is 1. The summed E-state index contributed by atoms with van der Waals surface area (Å²) in [5.74, 6) is -0.746. The molecule has 8 nitrogen and oxygen atoms in total. The number of rotatable bonds is 5. The van der Waals surface area contributed by atoms with E-state index in [0.717, 1.165) is 11.9 Å². The first-order valence-corrected chi connectivity index (χ1v) is 8.84. The number of amides is 1. The van der Waals surface area contributed by atoms with Crippen LogP contribution in [0.4, 0.5) is 15.9 Å². The van der Waals surface area contributed by atoms with E-state index >= 15 is 0 Å². The number of aromatic nitrogens is 3. The van der Waals surface area contributed by atoms with Crippen molar-refractivity contribution >= 4 is 17.4 Å². The van der Waals surface area contributed by atoms with Gasteiger partial charge in [0.15, 0.2) is 5.69 Å². The van der Waals surface area contributed by atoms with Crippen molar-refractivity contribution in [1.82, 2.24) is 14.8 Å². The molecular weight excluding hydrogens is 389 g/mol. The first kappa shape index (κ1) is 18.9. The average Bonchev–Trinajstić information content (AvgIpc) is 3.21. The normalized spacial score (nSPS) is 10.6. The lowest BCUT2D eigenvalue weighted by Crippen LogP contribution is -2.14. The maximum Gasteiger partial charge on any atom is 0.287 e. The van der Waals surface area contributed by atoms with E-state index in [1.807, 2.05) is 30.3 Å². The number of carbonyl (C=O) groups is 1. The summed E-state index contributed by atoms with van der Waals surface area (Å²) in [7, 11) is 0. The molecule has 0 unspecified atom stereocenters. The molecule has 0 spiro atoms. The van der Waals surface area contributed by atoms with Crippen molar-refractivity contribution in [2.75, 3.05) is 5.32 Å². The molecule has 2 aromatic heterocycles. The molecule has 0 saturated heterocycles. The Kier molecular flexibility index (Phi) is 5.00. The van der Waals surface area contributed by atoms with Gasteiger partial charge in [-0.3, -0.25) is 14.9 Å². The number of benzene rings is 2. The molecule has 1 N–H and O–H groups in total. The summed E-state index contributed by atoms with van der Waals surface area (Å²) in [4.78, 5) is 26.7. The zero-order valence-electron chi connectivity index (χ0n) is 15.4. The minimum atomic E-state index is -0.574. The van der Waals surface area contributed by atoms with Gasteiger partial charge in [0.25, 0.3) is 11.6 Å². The Morgan fingerprint density at radius 2 is 1.77 bits per heavy atom. The van der Waals surface area contributed by atoms with Crippen molar-refractivity contribution in [2.45, 2.75) is 0 Å². The van der Waals surface area contributed by atoms with E-state index in [2.05, 4.69) is 15.4 Å². The second kappa shape index (κ2) is 7.92. The topological polar surface area (TPSA) is 103 Å². The zero-order valence-corrected chi connectivity index (χ0v) is 15.4. The summed E-state index contributed by atoms with van der Waals surface area (Å²) in [6.45, 7) is 0. The Morgan fingerprint density at radius 3 is 2.40 bits per heavy atom. The Morgan fingerprint density at radius 1 is 1.03 bits per heavy atom. The zero-order chi connectivity index (χ0) is 21.1. The van der Waals surface area contributed by atoms with E-state index in [1.165, 1.54) is 24.3 Å². The summed E-state index contributed by atoms with van der Waals surface area (Å²) in [6, 6.07) is 19.2. The minimum absolute atomic E-state index is 0.110. The maximum atomic E-state index is 13.3. The van der Waals surface area contributed by atoms with Gasteiger partial charge in [0.2, 0.25) is 0 Å². The van der Waals surface area contributed by atoms with Crippen LogP contribution in [0.1, 0.15) is 10.5 Å². The number of hydrogen-bond donors (Lipinski definition) is 1. The maximum absolute atomic E-state index is 13.3. The van der Waals surface area contributed by atoms with Gasteiger partial charge < -0.3 is 5.32 Å². The van der Waals surface area contributed by atoms with Crippen LogP contribution < -0.4 is 5.32 Å². The Labute approximate surface area is 169 Å². The smallest absolute Gasteiger partial charge is 0.287 e. The molecule has 2 aromatic carbocycles. The van der Waals surface area contributed by atoms with Crippen LogP contribution in [0.5, 0.6) is 0 Å². The molecule has 148 valence electrons. The molecule has 0 radical (unpaired) electrons. The van der Waals surface area contributed by atoms with Gasteiger partial charge in [-0.25, -0.2) is 14.1 Å². The number of hydrogen-bond acceptors (Lipinski definition) is 5. The molecule has 0 aliphatic heterocycles. The Balaban J connectivity index is 1.69. The van der Waals surface area contributed by atoms with Crippen molar-refractivity contribution in [3.05, 3.63) is 101 Å². The predicted octanol–water partition coefficient (Wildman–Crippen LogP) is 4.23. The SMILES string of the molecule is O=C(Nc1ccc([N+](=O)[O-])cn1)c1cc(-c2ccc(F)cc2)n(-c2ccccc2)n1. The first-order chi connectivity index (χ1) is 14.5. The van der Waals surface area contributed by atoms with E-state index < -0.39 is 10.8 Å². The summed E-state index contributed by atoms with van der Waals surface area (Å²) in [5, 5.41) is 17.7. The highest BCUT2D eigenvalue weighted by Gasteiger charge is 2.18. The van der Waals surface area contributed by atoms with Crippen LogP contribution in [-0.4, -0.2) is 25.6 Å². The third-order valence-electron chi connectivity index (χ3n) is 4.28. The lowest BCUT2D eigenvalue weighted by atomic mass is 10.1. The van der Waals surface area contributed by atoms with Gasteiger partial charge in [-0.2, -0.15) is 5.10 Å². The van der Waals surface area contributed by atoms with Gasteiger partial charge >= 0.3 is 0 Å². The number of halogens is 1. The molecule has 0 bridgehead atoms. The number of carbonyl (C=O) groups excluding carboxylic acids is 1. The highest BCUT2D eigenvalue weighted by molar-refractivity contribution is 6.03.